The second kappa shape index (κ2) is 9.34. The maximum atomic E-state index is 10.3. The average Bonchev–Trinajstić information content (AvgIpc) is 2.55. The number of aromatic nitrogens is 1. The van der Waals surface area contributed by atoms with Crippen molar-refractivity contribution < 1.29 is 5.11 Å². The van der Waals surface area contributed by atoms with Gasteiger partial charge in [-0.15, -0.1) is 0 Å². The van der Waals surface area contributed by atoms with E-state index >= 15 is 0 Å². The van der Waals surface area contributed by atoms with E-state index in [0.717, 1.165) is 23.3 Å². The Kier molecular flexibility index (Phi) is 7.12. The van der Waals surface area contributed by atoms with E-state index in [9.17, 15) is 5.11 Å². The van der Waals surface area contributed by atoms with Crippen LogP contribution in [0.2, 0.25) is 0 Å². The molecule has 124 valence electrons. The van der Waals surface area contributed by atoms with Crippen molar-refractivity contribution in [3.05, 3.63) is 42.1 Å². The molecular formula is C21H29NO. The number of hydrogen-bond donors (Lipinski definition) is 1. The van der Waals surface area contributed by atoms with E-state index in [1.165, 1.54) is 38.5 Å². The summed E-state index contributed by atoms with van der Waals surface area (Å²) in [6, 6.07) is 7.82. The van der Waals surface area contributed by atoms with Crippen molar-refractivity contribution in [2.45, 2.75) is 58.8 Å². The van der Waals surface area contributed by atoms with Gasteiger partial charge in [0, 0.05) is 17.1 Å². The molecule has 23 heavy (non-hydrogen) atoms. The number of hydrogen-bond acceptors (Lipinski definition) is 2. The minimum atomic E-state index is 0.285. The number of pyridine rings is 1. The summed E-state index contributed by atoms with van der Waals surface area (Å²) < 4.78 is 0. The van der Waals surface area contributed by atoms with Crippen molar-refractivity contribution in [2.24, 2.45) is 5.92 Å². The van der Waals surface area contributed by atoms with Crippen molar-refractivity contribution in [1.82, 2.24) is 4.98 Å². The fraction of sp³-hybridized carbons (Fsp3) is 0.476. The van der Waals surface area contributed by atoms with Crippen LogP contribution in [-0.2, 0) is 0 Å². The number of nitrogens with zero attached hydrogens (tertiary/aromatic N) is 1. The Morgan fingerprint density at radius 1 is 1.04 bits per heavy atom. The van der Waals surface area contributed by atoms with E-state index in [2.05, 4.69) is 24.9 Å². The number of aromatic hydroxyl groups is 1. The Hall–Kier alpha value is -1.83. The molecule has 0 saturated heterocycles. The van der Waals surface area contributed by atoms with Crippen LogP contribution in [0, 0.1) is 5.92 Å². The summed E-state index contributed by atoms with van der Waals surface area (Å²) in [7, 11) is 0. The van der Waals surface area contributed by atoms with E-state index < -0.39 is 0 Å². The molecule has 2 nitrogen and oxygen atoms in total. The molecule has 0 unspecified atom stereocenters. The van der Waals surface area contributed by atoms with E-state index in [-0.39, 0.29) is 5.75 Å². The third-order valence-electron chi connectivity index (χ3n) is 4.23. The molecule has 2 aromatic rings. The molecule has 0 aliphatic rings. The lowest BCUT2D eigenvalue weighted by atomic mass is 10.0. The highest BCUT2D eigenvalue weighted by Gasteiger charge is 2.04. The van der Waals surface area contributed by atoms with Crippen LogP contribution in [0.25, 0.3) is 17.0 Å². The number of rotatable bonds is 9. The molecule has 2 rings (SSSR count). The van der Waals surface area contributed by atoms with Gasteiger partial charge in [0.15, 0.2) is 0 Å². The molecule has 1 aromatic heterocycles. The summed E-state index contributed by atoms with van der Waals surface area (Å²) in [6.45, 7) is 4.59. The average molecular weight is 311 g/mol. The topological polar surface area (TPSA) is 33.1 Å². The van der Waals surface area contributed by atoms with Crippen molar-refractivity contribution in [3.8, 4) is 5.75 Å². The molecule has 0 amide bonds. The Balaban J connectivity index is 1.73. The third kappa shape index (κ3) is 5.70. The van der Waals surface area contributed by atoms with Crippen LogP contribution in [0.15, 0.2) is 36.5 Å². The second-order valence-electron chi connectivity index (χ2n) is 6.72. The molecule has 2 heteroatoms. The lowest BCUT2D eigenvalue weighted by Crippen LogP contribution is -1.87. The number of allylic oxidation sites excluding steroid dienone is 1. The van der Waals surface area contributed by atoms with Gasteiger partial charge in [0.25, 0.3) is 0 Å². The molecule has 0 aliphatic heterocycles. The third-order valence-corrected chi connectivity index (χ3v) is 4.23. The Morgan fingerprint density at radius 2 is 1.83 bits per heavy atom. The number of unbranched alkanes of at least 4 members (excludes halogenated alkanes) is 5. The molecule has 1 aromatic carbocycles. The van der Waals surface area contributed by atoms with Gasteiger partial charge in [-0.05, 0) is 24.8 Å². The molecule has 1 heterocycles. The van der Waals surface area contributed by atoms with Crippen molar-refractivity contribution in [1.29, 1.82) is 0 Å². The molecular weight excluding hydrogens is 282 g/mol. The van der Waals surface area contributed by atoms with Gasteiger partial charge >= 0.3 is 0 Å². The number of benzene rings is 1. The lowest BCUT2D eigenvalue weighted by Gasteiger charge is -2.04. The fourth-order valence-electron chi connectivity index (χ4n) is 2.84. The number of phenols is 1. The zero-order valence-corrected chi connectivity index (χ0v) is 14.5. The minimum absolute atomic E-state index is 0.285. The SMILES string of the molecule is CC(C)CCCCCCCC=Cc1ccc2cccnc2c1O. The summed E-state index contributed by atoms with van der Waals surface area (Å²) in [5, 5.41) is 11.3. The smallest absolute Gasteiger partial charge is 0.148 e. The predicted octanol–water partition coefficient (Wildman–Crippen LogP) is 6.34. The molecule has 0 saturated carbocycles. The Bertz CT molecular complexity index is 631. The van der Waals surface area contributed by atoms with Gasteiger partial charge < -0.3 is 5.11 Å². The van der Waals surface area contributed by atoms with Gasteiger partial charge in [0.05, 0.1) is 0 Å². The minimum Gasteiger partial charge on any atom is -0.505 e. The molecule has 0 radical (unpaired) electrons. The first-order valence-corrected chi connectivity index (χ1v) is 8.91. The maximum Gasteiger partial charge on any atom is 0.148 e. The molecule has 0 spiro atoms. The number of phenolic OH excluding ortho intramolecular Hbond substituents is 1. The molecule has 0 atom stereocenters. The van der Waals surface area contributed by atoms with Crippen LogP contribution in [0.4, 0.5) is 0 Å². The van der Waals surface area contributed by atoms with Crippen molar-refractivity contribution >= 4 is 17.0 Å². The quantitative estimate of drug-likeness (QED) is 0.548. The second-order valence-corrected chi connectivity index (χ2v) is 6.72. The summed E-state index contributed by atoms with van der Waals surface area (Å²) in [5.41, 5.74) is 1.54. The lowest BCUT2D eigenvalue weighted by molar-refractivity contribution is 0.479. The van der Waals surface area contributed by atoms with E-state index in [1.807, 2.05) is 30.3 Å². The van der Waals surface area contributed by atoms with Crippen LogP contribution in [0.3, 0.4) is 0 Å². The molecule has 0 aliphatic carbocycles. The van der Waals surface area contributed by atoms with Crippen LogP contribution < -0.4 is 0 Å². The molecule has 0 fully saturated rings. The van der Waals surface area contributed by atoms with Crippen molar-refractivity contribution in [3.63, 3.8) is 0 Å². The summed E-state index contributed by atoms with van der Waals surface area (Å²) in [6.07, 6.45) is 14.9. The van der Waals surface area contributed by atoms with E-state index in [0.29, 0.717) is 5.52 Å². The van der Waals surface area contributed by atoms with Crippen molar-refractivity contribution in [2.75, 3.05) is 0 Å². The van der Waals surface area contributed by atoms with Gasteiger partial charge in [-0.25, -0.2) is 0 Å². The maximum absolute atomic E-state index is 10.3. The standard InChI is InChI=1S/C21H29NO/c1-17(2)11-8-6-4-3-5-7-9-12-19-15-14-18-13-10-16-22-20(18)21(19)23/h9-10,12-17,23H,3-8,11H2,1-2H3. The highest BCUT2D eigenvalue weighted by Crippen LogP contribution is 2.27. The summed E-state index contributed by atoms with van der Waals surface area (Å²) >= 11 is 0. The Morgan fingerprint density at radius 3 is 2.65 bits per heavy atom. The zero-order valence-electron chi connectivity index (χ0n) is 14.5. The van der Waals surface area contributed by atoms with Gasteiger partial charge in [-0.3, -0.25) is 4.98 Å². The molecule has 0 bridgehead atoms. The van der Waals surface area contributed by atoms with E-state index in [1.54, 1.807) is 6.20 Å². The van der Waals surface area contributed by atoms with Crippen LogP contribution in [0.1, 0.15) is 64.4 Å². The summed E-state index contributed by atoms with van der Waals surface area (Å²) in [4.78, 5) is 4.26. The normalized spacial score (nSPS) is 11.8. The van der Waals surface area contributed by atoms with Crippen LogP contribution >= 0.6 is 0 Å². The van der Waals surface area contributed by atoms with E-state index in [4.69, 9.17) is 0 Å². The highest BCUT2D eigenvalue weighted by atomic mass is 16.3. The zero-order chi connectivity index (χ0) is 16.5. The predicted molar refractivity (Wildman–Crippen MR) is 99.6 cm³/mol. The first-order valence-electron chi connectivity index (χ1n) is 8.91. The van der Waals surface area contributed by atoms with Gasteiger partial charge in [-0.1, -0.05) is 76.3 Å². The fourth-order valence-corrected chi connectivity index (χ4v) is 2.84. The largest absolute Gasteiger partial charge is 0.505 e. The van der Waals surface area contributed by atoms with Gasteiger partial charge in [0.2, 0.25) is 0 Å². The highest BCUT2D eigenvalue weighted by molar-refractivity contribution is 5.87. The van der Waals surface area contributed by atoms with Crippen LogP contribution in [-0.4, -0.2) is 10.1 Å². The summed E-state index contributed by atoms with van der Waals surface area (Å²) in [5.74, 6) is 1.12. The van der Waals surface area contributed by atoms with Crippen LogP contribution in [0.5, 0.6) is 5.75 Å². The first-order chi connectivity index (χ1) is 11.2. The van der Waals surface area contributed by atoms with Gasteiger partial charge in [0.1, 0.15) is 11.3 Å². The Labute approximate surface area is 140 Å². The molecule has 1 N–H and O–H groups in total. The van der Waals surface area contributed by atoms with Gasteiger partial charge in [-0.2, -0.15) is 0 Å². The number of fused-ring (bicyclic) bond motifs is 1. The monoisotopic (exact) mass is 311 g/mol. The first kappa shape index (κ1) is 17.5.